The summed E-state index contributed by atoms with van der Waals surface area (Å²) in [6, 6.07) is 9.61. The van der Waals surface area contributed by atoms with Crippen molar-refractivity contribution in [3.8, 4) is 5.69 Å². The standard InChI is InChI=1S/C20H10F3N3O2/c1-24-8-7-12-5-6-16-15(9-12)18-17(11-25-16)28-19(27)26(18)14-4-2-3-13(10-14)20(21,22)23/h2-11H/b8-7+. The molecule has 0 N–H and O–H groups in total. The van der Waals surface area contributed by atoms with Crippen LogP contribution in [0.1, 0.15) is 11.1 Å². The highest BCUT2D eigenvalue weighted by molar-refractivity contribution is 6.02. The first-order valence-corrected chi connectivity index (χ1v) is 8.03. The highest BCUT2D eigenvalue weighted by Gasteiger charge is 2.31. The summed E-state index contributed by atoms with van der Waals surface area (Å²) in [6.45, 7) is 6.84. The van der Waals surface area contributed by atoms with Crippen molar-refractivity contribution in [3.63, 3.8) is 0 Å². The number of nitrogens with zero attached hydrogens (tertiary/aromatic N) is 3. The third-order valence-electron chi connectivity index (χ3n) is 4.21. The Hall–Kier alpha value is -3.86. The average molecular weight is 381 g/mol. The molecular formula is C20H10F3N3O2. The molecule has 0 aliphatic heterocycles. The second-order valence-electron chi connectivity index (χ2n) is 5.94. The fraction of sp³-hybridized carbons (Fsp3) is 0.0500. The molecule has 2 aromatic heterocycles. The van der Waals surface area contributed by atoms with Crippen molar-refractivity contribution < 1.29 is 17.6 Å². The molecule has 0 bridgehead atoms. The monoisotopic (exact) mass is 381 g/mol. The van der Waals surface area contributed by atoms with E-state index in [2.05, 4.69) is 9.83 Å². The summed E-state index contributed by atoms with van der Waals surface area (Å²) in [4.78, 5) is 19.8. The zero-order valence-electron chi connectivity index (χ0n) is 14.1. The highest BCUT2D eigenvalue weighted by atomic mass is 19.4. The number of hydrogen-bond donors (Lipinski definition) is 0. The Bertz CT molecular complexity index is 1340. The van der Waals surface area contributed by atoms with Crippen LogP contribution in [0.3, 0.4) is 0 Å². The molecule has 5 nitrogen and oxygen atoms in total. The first-order valence-electron chi connectivity index (χ1n) is 8.03. The van der Waals surface area contributed by atoms with E-state index in [1.54, 1.807) is 24.3 Å². The highest BCUT2D eigenvalue weighted by Crippen LogP contribution is 2.32. The molecule has 0 spiro atoms. The number of hydrogen-bond acceptors (Lipinski definition) is 3. The Kier molecular flexibility index (Phi) is 4.00. The van der Waals surface area contributed by atoms with E-state index in [0.717, 1.165) is 16.7 Å². The minimum atomic E-state index is -4.54. The lowest BCUT2D eigenvalue weighted by molar-refractivity contribution is -0.137. The number of pyridine rings is 1. The van der Waals surface area contributed by atoms with E-state index in [-0.39, 0.29) is 11.3 Å². The molecule has 0 amide bonds. The van der Waals surface area contributed by atoms with Crippen molar-refractivity contribution in [3.05, 3.63) is 88.0 Å². The molecule has 0 saturated carbocycles. The van der Waals surface area contributed by atoms with Crippen LogP contribution >= 0.6 is 0 Å². The molecule has 28 heavy (non-hydrogen) atoms. The maximum atomic E-state index is 13.1. The van der Waals surface area contributed by atoms with Crippen molar-refractivity contribution in [2.75, 3.05) is 0 Å². The van der Waals surface area contributed by atoms with Gasteiger partial charge >= 0.3 is 11.9 Å². The van der Waals surface area contributed by atoms with Crippen LogP contribution in [0.2, 0.25) is 0 Å². The van der Waals surface area contributed by atoms with Crippen LogP contribution in [0.25, 0.3) is 38.6 Å². The van der Waals surface area contributed by atoms with Gasteiger partial charge in [0.2, 0.25) is 0 Å². The third-order valence-corrected chi connectivity index (χ3v) is 4.21. The Labute approximate surface area is 155 Å². The first kappa shape index (κ1) is 17.5. The van der Waals surface area contributed by atoms with Crippen LogP contribution in [0.15, 0.2) is 64.1 Å². The molecule has 4 aromatic rings. The zero-order chi connectivity index (χ0) is 19.9. The molecule has 138 valence electrons. The Morgan fingerprint density at radius 1 is 1.18 bits per heavy atom. The third kappa shape index (κ3) is 2.93. The molecule has 0 atom stereocenters. The van der Waals surface area contributed by atoms with Crippen LogP contribution in [0, 0.1) is 6.57 Å². The lowest BCUT2D eigenvalue weighted by Crippen LogP contribution is -2.13. The van der Waals surface area contributed by atoms with Gasteiger partial charge in [-0.25, -0.2) is 14.2 Å². The van der Waals surface area contributed by atoms with Gasteiger partial charge in [0.15, 0.2) is 11.8 Å². The van der Waals surface area contributed by atoms with Gasteiger partial charge in [-0.1, -0.05) is 18.2 Å². The molecule has 0 unspecified atom stereocenters. The van der Waals surface area contributed by atoms with Gasteiger partial charge in [0.1, 0.15) is 5.52 Å². The Morgan fingerprint density at radius 2 is 2.00 bits per heavy atom. The normalized spacial score (nSPS) is 12.1. The van der Waals surface area contributed by atoms with Crippen molar-refractivity contribution in [1.82, 2.24) is 9.55 Å². The van der Waals surface area contributed by atoms with Gasteiger partial charge in [0, 0.05) is 5.39 Å². The molecule has 0 fully saturated rings. The Balaban J connectivity index is 2.05. The number of oxazole rings is 1. The van der Waals surface area contributed by atoms with Gasteiger partial charge in [-0.05, 0) is 35.9 Å². The van der Waals surface area contributed by atoms with Gasteiger partial charge in [0.25, 0.3) is 0 Å². The lowest BCUT2D eigenvalue weighted by Gasteiger charge is -2.10. The van der Waals surface area contributed by atoms with E-state index in [1.165, 1.54) is 24.5 Å². The van der Waals surface area contributed by atoms with Crippen molar-refractivity contribution in [1.29, 1.82) is 0 Å². The molecule has 2 aromatic carbocycles. The lowest BCUT2D eigenvalue weighted by atomic mass is 10.1. The quantitative estimate of drug-likeness (QED) is 0.457. The predicted molar refractivity (Wildman–Crippen MR) is 97.8 cm³/mol. The molecular weight excluding hydrogens is 371 g/mol. The number of rotatable bonds is 2. The van der Waals surface area contributed by atoms with E-state index < -0.39 is 17.5 Å². The van der Waals surface area contributed by atoms with E-state index in [1.807, 2.05) is 0 Å². The molecule has 0 radical (unpaired) electrons. The summed E-state index contributed by atoms with van der Waals surface area (Å²) in [5.74, 6) is -0.814. The largest absolute Gasteiger partial charge is 0.424 e. The summed E-state index contributed by atoms with van der Waals surface area (Å²) in [7, 11) is 0. The number of fused-ring (bicyclic) bond motifs is 3. The smallest absolute Gasteiger partial charge is 0.406 e. The minimum Gasteiger partial charge on any atom is -0.406 e. The maximum Gasteiger partial charge on any atom is 0.424 e. The van der Waals surface area contributed by atoms with Crippen LogP contribution in [0.5, 0.6) is 0 Å². The molecule has 0 saturated heterocycles. The van der Waals surface area contributed by atoms with Crippen molar-refractivity contribution in [2.24, 2.45) is 0 Å². The molecule has 8 heteroatoms. The summed E-state index contributed by atoms with van der Waals surface area (Å²) in [5.41, 5.74) is 0.850. The van der Waals surface area contributed by atoms with Crippen molar-refractivity contribution in [2.45, 2.75) is 6.18 Å². The predicted octanol–water partition coefficient (Wildman–Crippen LogP) is 5.04. The number of aromatic nitrogens is 2. The van der Waals surface area contributed by atoms with Crippen LogP contribution < -0.4 is 5.76 Å². The van der Waals surface area contributed by atoms with Crippen molar-refractivity contribution >= 4 is 28.1 Å². The van der Waals surface area contributed by atoms with E-state index in [4.69, 9.17) is 11.0 Å². The van der Waals surface area contributed by atoms with E-state index in [0.29, 0.717) is 22.0 Å². The molecule has 0 aliphatic rings. The fourth-order valence-corrected chi connectivity index (χ4v) is 3.00. The van der Waals surface area contributed by atoms with Gasteiger partial charge in [0.05, 0.1) is 29.5 Å². The van der Waals surface area contributed by atoms with E-state index in [9.17, 15) is 18.0 Å². The van der Waals surface area contributed by atoms with Gasteiger partial charge in [-0.2, -0.15) is 13.2 Å². The van der Waals surface area contributed by atoms with Gasteiger partial charge in [-0.15, -0.1) is 0 Å². The number of alkyl halides is 3. The first-order chi connectivity index (χ1) is 13.4. The number of benzene rings is 2. The maximum absolute atomic E-state index is 13.1. The summed E-state index contributed by atoms with van der Waals surface area (Å²) in [5, 5.41) is 0.521. The van der Waals surface area contributed by atoms with Gasteiger partial charge < -0.3 is 4.42 Å². The van der Waals surface area contributed by atoms with Crippen LogP contribution in [-0.4, -0.2) is 9.55 Å². The van der Waals surface area contributed by atoms with Crippen LogP contribution in [-0.2, 0) is 6.18 Å². The molecule has 2 heterocycles. The average Bonchev–Trinajstić information content (AvgIpc) is 3.02. The zero-order valence-corrected chi connectivity index (χ0v) is 14.1. The van der Waals surface area contributed by atoms with Crippen LogP contribution in [0.4, 0.5) is 13.2 Å². The molecule has 4 rings (SSSR count). The Morgan fingerprint density at radius 3 is 2.75 bits per heavy atom. The summed E-state index contributed by atoms with van der Waals surface area (Å²) in [6.07, 6.45) is -0.319. The molecule has 0 aliphatic carbocycles. The topological polar surface area (TPSA) is 52.4 Å². The SMILES string of the molecule is [C-]#[N+]/C=C/c1ccc2ncc3oc(=O)n(-c4cccc(C(F)(F)F)c4)c3c2c1. The van der Waals surface area contributed by atoms with E-state index >= 15 is 0 Å². The fourth-order valence-electron chi connectivity index (χ4n) is 3.00. The second-order valence-corrected chi connectivity index (χ2v) is 5.94. The minimum absolute atomic E-state index is 0.0354. The van der Waals surface area contributed by atoms with Gasteiger partial charge in [-0.3, -0.25) is 4.98 Å². The number of halogens is 3. The second kappa shape index (κ2) is 6.39. The summed E-state index contributed by atoms with van der Waals surface area (Å²) >= 11 is 0. The summed E-state index contributed by atoms with van der Waals surface area (Å²) < 4.78 is 45.6.